The van der Waals surface area contributed by atoms with Gasteiger partial charge in [0, 0.05) is 11.6 Å². The Morgan fingerprint density at radius 2 is 2.00 bits per heavy atom. The molecule has 2 nitrogen and oxygen atoms in total. The smallest absolute Gasteiger partial charge is 0.123 e. The van der Waals surface area contributed by atoms with Gasteiger partial charge in [0.15, 0.2) is 0 Å². The number of halogens is 1. The summed E-state index contributed by atoms with van der Waals surface area (Å²) >= 11 is 0. The highest BCUT2D eigenvalue weighted by molar-refractivity contribution is 5.36. The molecule has 0 spiro atoms. The maximum Gasteiger partial charge on any atom is 0.123 e. The predicted octanol–water partition coefficient (Wildman–Crippen LogP) is 3.85. The molecule has 0 amide bonds. The van der Waals surface area contributed by atoms with E-state index in [1.54, 1.807) is 12.1 Å². The number of nitrogens with two attached hydrogens (primary N) is 1. The molecule has 0 aliphatic heterocycles. The molecule has 0 heterocycles. The van der Waals surface area contributed by atoms with Gasteiger partial charge in [0.1, 0.15) is 11.6 Å². The zero-order valence-corrected chi connectivity index (χ0v) is 11.6. The fraction of sp³-hybridized carbons (Fsp3) is 0.600. The molecule has 1 rings (SSSR count). The lowest BCUT2D eigenvalue weighted by Crippen LogP contribution is -2.16. The topological polar surface area (TPSA) is 35.2 Å². The first-order valence-corrected chi connectivity index (χ1v) is 6.76. The van der Waals surface area contributed by atoms with E-state index in [1.807, 2.05) is 13.8 Å². The zero-order valence-electron chi connectivity index (χ0n) is 11.6. The minimum absolute atomic E-state index is 0.183. The molecule has 0 bridgehead atoms. The Balaban J connectivity index is 2.91. The predicted molar refractivity (Wildman–Crippen MR) is 73.5 cm³/mol. The van der Waals surface area contributed by atoms with Crippen molar-refractivity contribution in [3.8, 4) is 5.75 Å². The molecule has 0 saturated carbocycles. The number of ether oxygens (including phenoxy) is 1. The normalized spacial score (nSPS) is 14.3. The van der Waals surface area contributed by atoms with Crippen molar-refractivity contribution in [3.63, 3.8) is 0 Å². The second-order valence-corrected chi connectivity index (χ2v) is 4.77. The van der Waals surface area contributed by atoms with Crippen LogP contribution in [-0.2, 0) is 0 Å². The van der Waals surface area contributed by atoms with Crippen molar-refractivity contribution >= 4 is 0 Å². The Morgan fingerprint density at radius 1 is 1.28 bits per heavy atom. The van der Waals surface area contributed by atoms with E-state index >= 15 is 0 Å². The van der Waals surface area contributed by atoms with Crippen molar-refractivity contribution in [1.82, 2.24) is 0 Å². The molecule has 3 heteroatoms. The number of hydrogen-bond donors (Lipinski definition) is 1. The summed E-state index contributed by atoms with van der Waals surface area (Å²) in [5, 5.41) is 0. The summed E-state index contributed by atoms with van der Waals surface area (Å²) in [7, 11) is 0. The summed E-state index contributed by atoms with van der Waals surface area (Å²) in [6, 6.07) is 4.96. The summed E-state index contributed by atoms with van der Waals surface area (Å²) in [4.78, 5) is 0. The van der Waals surface area contributed by atoms with E-state index in [-0.39, 0.29) is 11.9 Å². The van der Waals surface area contributed by atoms with Gasteiger partial charge in [0.05, 0.1) is 6.61 Å². The summed E-state index contributed by atoms with van der Waals surface area (Å²) in [5.74, 6) is 0.913. The van der Waals surface area contributed by atoms with Crippen LogP contribution in [0.4, 0.5) is 4.39 Å². The molecule has 1 aromatic rings. The van der Waals surface area contributed by atoms with E-state index < -0.39 is 0 Å². The molecule has 0 aliphatic carbocycles. The van der Waals surface area contributed by atoms with Crippen LogP contribution in [0.5, 0.6) is 5.75 Å². The highest BCUT2D eigenvalue weighted by Gasteiger charge is 2.16. The molecule has 2 unspecified atom stereocenters. The highest BCUT2D eigenvalue weighted by Crippen LogP contribution is 2.33. The van der Waals surface area contributed by atoms with Crippen molar-refractivity contribution in [2.45, 2.75) is 52.0 Å². The van der Waals surface area contributed by atoms with Gasteiger partial charge in [-0.2, -0.15) is 0 Å². The lowest BCUT2D eigenvalue weighted by atomic mass is 9.90. The largest absolute Gasteiger partial charge is 0.494 e. The van der Waals surface area contributed by atoms with Crippen molar-refractivity contribution in [2.24, 2.45) is 5.73 Å². The fourth-order valence-electron chi connectivity index (χ4n) is 2.17. The van der Waals surface area contributed by atoms with E-state index in [4.69, 9.17) is 10.5 Å². The average Bonchev–Trinajstić information content (AvgIpc) is 2.33. The second-order valence-electron chi connectivity index (χ2n) is 4.77. The molecule has 0 aliphatic rings. The van der Waals surface area contributed by atoms with Crippen molar-refractivity contribution in [3.05, 3.63) is 29.6 Å². The Morgan fingerprint density at radius 3 is 2.56 bits per heavy atom. The third kappa shape index (κ3) is 4.30. The van der Waals surface area contributed by atoms with Crippen LogP contribution in [0, 0.1) is 5.82 Å². The number of rotatable bonds is 7. The summed E-state index contributed by atoms with van der Waals surface area (Å²) < 4.78 is 19.0. The molecule has 0 fully saturated rings. The minimum atomic E-state index is -0.201. The van der Waals surface area contributed by atoms with Gasteiger partial charge >= 0.3 is 0 Å². The molecule has 2 atom stereocenters. The van der Waals surface area contributed by atoms with E-state index in [9.17, 15) is 4.39 Å². The van der Waals surface area contributed by atoms with Crippen LogP contribution >= 0.6 is 0 Å². The van der Waals surface area contributed by atoms with Crippen LogP contribution < -0.4 is 10.5 Å². The molecule has 0 radical (unpaired) electrons. The van der Waals surface area contributed by atoms with E-state index in [0.29, 0.717) is 12.5 Å². The summed E-state index contributed by atoms with van der Waals surface area (Å²) in [6.45, 7) is 6.66. The molecular formula is C15H24FNO. The van der Waals surface area contributed by atoms with Gasteiger partial charge in [-0.25, -0.2) is 4.39 Å². The van der Waals surface area contributed by atoms with Gasteiger partial charge in [-0.3, -0.25) is 0 Å². The average molecular weight is 253 g/mol. The molecule has 1 aromatic carbocycles. The standard InChI is InChI=1S/C15H24FNO/c1-4-12(7-6-11(3)17)14-10-13(16)8-9-15(14)18-5-2/h8-12H,4-7,17H2,1-3H3. The lowest BCUT2D eigenvalue weighted by Gasteiger charge is -2.20. The van der Waals surface area contributed by atoms with Crippen LogP contribution in [0.1, 0.15) is 51.5 Å². The number of benzene rings is 1. The van der Waals surface area contributed by atoms with E-state index in [0.717, 1.165) is 30.6 Å². The zero-order chi connectivity index (χ0) is 13.5. The van der Waals surface area contributed by atoms with Gasteiger partial charge in [0.25, 0.3) is 0 Å². The maximum atomic E-state index is 13.4. The molecule has 0 saturated heterocycles. The van der Waals surface area contributed by atoms with E-state index in [2.05, 4.69) is 6.92 Å². The molecule has 18 heavy (non-hydrogen) atoms. The highest BCUT2D eigenvalue weighted by atomic mass is 19.1. The van der Waals surface area contributed by atoms with Gasteiger partial charge < -0.3 is 10.5 Å². The van der Waals surface area contributed by atoms with Gasteiger partial charge in [0.2, 0.25) is 0 Å². The molecule has 2 N–H and O–H groups in total. The first kappa shape index (κ1) is 15.0. The van der Waals surface area contributed by atoms with Crippen molar-refractivity contribution in [2.75, 3.05) is 6.61 Å². The monoisotopic (exact) mass is 253 g/mol. The fourth-order valence-corrected chi connectivity index (χ4v) is 2.17. The third-order valence-corrected chi connectivity index (χ3v) is 3.17. The van der Waals surface area contributed by atoms with Gasteiger partial charge in [-0.15, -0.1) is 0 Å². The Hall–Kier alpha value is -1.09. The summed E-state index contributed by atoms with van der Waals surface area (Å²) in [6.07, 6.45) is 2.88. The molecule has 0 aromatic heterocycles. The van der Waals surface area contributed by atoms with E-state index in [1.165, 1.54) is 6.07 Å². The van der Waals surface area contributed by atoms with Crippen LogP contribution in [0.25, 0.3) is 0 Å². The SMILES string of the molecule is CCOc1ccc(F)cc1C(CC)CCC(C)N. The Bertz CT molecular complexity index is 366. The van der Waals surface area contributed by atoms with Crippen LogP contribution in [0.3, 0.4) is 0 Å². The Kier molecular flexibility index (Phi) is 6.13. The quantitative estimate of drug-likeness (QED) is 0.801. The molecular weight excluding hydrogens is 229 g/mol. The second kappa shape index (κ2) is 7.37. The van der Waals surface area contributed by atoms with Gasteiger partial charge in [-0.05, 0) is 57.2 Å². The lowest BCUT2D eigenvalue weighted by molar-refractivity contribution is 0.331. The minimum Gasteiger partial charge on any atom is -0.494 e. The van der Waals surface area contributed by atoms with Crippen LogP contribution in [-0.4, -0.2) is 12.6 Å². The number of hydrogen-bond acceptors (Lipinski definition) is 2. The van der Waals surface area contributed by atoms with Crippen molar-refractivity contribution < 1.29 is 9.13 Å². The van der Waals surface area contributed by atoms with Crippen molar-refractivity contribution in [1.29, 1.82) is 0 Å². The molecule has 102 valence electrons. The van der Waals surface area contributed by atoms with Gasteiger partial charge in [-0.1, -0.05) is 6.92 Å². The first-order valence-electron chi connectivity index (χ1n) is 6.76. The summed E-state index contributed by atoms with van der Waals surface area (Å²) in [5.41, 5.74) is 6.77. The third-order valence-electron chi connectivity index (χ3n) is 3.17. The van der Waals surface area contributed by atoms with Crippen LogP contribution in [0.15, 0.2) is 18.2 Å². The van der Waals surface area contributed by atoms with Crippen LogP contribution in [0.2, 0.25) is 0 Å². The first-order chi connectivity index (χ1) is 8.58. The maximum absolute atomic E-state index is 13.4. The Labute approximate surface area is 109 Å².